The third-order valence-electron chi connectivity index (χ3n) is 6.45. The number of benzene rings is 2. The third-order valence-corrected chi connectivity index (χ3v) is 6.45. The number of furan rings is 1. The summed E-state index contributed by atoms with van der Waals surface area (Å²) in [5, 5.41) is 0. The normalized spacial score (nSPS) is 10.8. The van der Waals surface area contributed by atoms with Crippen LogP contribution in [0.2, 0.25) is 0 Å². The first-order valence-corrected chi connectivity index (χ1v) is 13.0. The molecule has 0 unspecified atom stereocenters. The Hall–Kier alpha value is -4.30. The molecule has 204 valence electrons. The standard InChI is InChI=1S/C31H35N3O5/c1-37-18-9-17-33(31(36)29-15-8-19-39-29)24-30(35)34(21-25-10-4-3-5-11-25)23-27-13-7-16-32(27)22-26-12-6-14-28(20-26)38-2/h3-8,10-16,19-20H,9,17-18,21-24H2,1-2H3. The van der Waals surface area contributed by atoms with Crippen molar-refractivity contribution in [3.05, 3.63) is 114 Å². The molecular weight excluding hydrogens is 494 g/mol. The van der Waals surface area contributed by atoms with Crippen molar-refractivity contribution in [2.24, 2.45) is 0 Å². The summed E-state index contributed by atoms with van der Waals surface area (Å²) in [7, 11) is 3.27. The van der Waals surface area contributed by atoms with Gasteiger partial charge >= 0.3 is 0 Å². The number of rotatable bonds is 14. The van der Waals surface area contributed by atoms with Crippen molar-refractivity contribution in [1.29, 1.82) is 0 Å². The van der Waals surface area contributed by atoms with Crippen molar-refractivity contribution in [2.75, 3.05) is 33.9 Å². The molecule has 0 radical (unpaired) electrons. The Balaban J connectivity index is 1.55. The molecule has 0 atom stereocenters. The monoisotopic (exact) mass is 529 g/mol. The quantitative estimate of drug-likeness (QED) is 0.218. The van der Waals surface area contributed by atoms with Crippen molar-refractivity contribution >= 4 is 11.8 Å². The molecule has 2 aromatic carbocycles. The molecule has 0 bridgehead atoms. The van der Waals surface area contributed by atoms with E-state index in [1.165, 1.54) is 11.2 Å². The van der Waals surface area contributed by atoms with Crippen molar-refractivity contribution < 1.29 is 23.5 Å². The summed E-state index contributed by atoms with van der Waals surface area (Å²) in [6.45, 7) is 2.27. The van der Waals surface area contributed by atoms with Crippen LogP contribution in [0.3, 0.4) is 0 Å². The molecule has 39 heavy (non-hydrogen) atoms. The van der Waals surface area contributed by atoms with Gasteiger partial charge in [-0.2, -0.15) is 0 Å². The second-order valence-corrected chi connectivity index (χ2v) is 9.26. The molecule has 8 nitrogen and oxygen atoms in total. The molecule has 0 aliphatic carbocycles. The molecular formula is C31H35N3O5. The summed E-state index contributed by atoms with van der Waals surface area (Å²) in [4.78, 5) is 30.3. The fourth-order valence-corrected chi connectivity index (χ4v) is 4.42. The lowest BCUT2D eigenvalue weighted by molar-refractivity contribution is -0.133. The fraction of sp³-hybridized carbons (Fsp3) is 0.290. The van der Waals surface area contributed by atoms with Crippen LogP contribution in [0.15, 0.2) is 95.7 Å². The van der Waals surface area contributed by atoms with Gasteiger partial charge in [0.15, 0.2) is 5.76 Å². The Labute approximate surface area is 229 Å². The molecule has 2 amide bonds. The van der Waals surface area contributed by atoms with Crippen LogP contribution in [0, 0.1) is 0 Å². The van der Waals surface area contributed by atoms with Gasteiger partial charge in [0, 0.05) is 45.2 Å². The second-order valence-electron chi connectivity index (χ2n) is 9.26. The minimum Gasteiger partial charge on any atom is -0.497 e. The van der Waals surface area contributed by atoms with Crippen molar-refractivity contribution in [3.8, 4) is 5.75 Å². The molecule has 4 aromatic rings. The molecule has 0 N–H and O–H groups in total. The summed E-state index contributed by atoms with van der Waals surface area (Å²) >= 11 is 0. The number of methoxy groups -OCH3 is 2. The van der Waals surface area contributed by atoms with Gasteiger partial charge in [-0.05, 0) is 53.9 Å². The van der Waals surface area contributed by atoms with Crippen LogP contribution in [0.25, 0.3) is 0 Å². The fourth-order valence-electron chi connectivity index (χ4n) is 4.42. The van der Waals surface area contributed by atoms with E-state index in [0.29, 0.717) is 39.2 Å². The molecule has 0 saturated heterocycles. The highest BCUT2D eigenvalue weighted by Crippen LogP contribution is 2.18. The number of carbonyl (C=O) groups is 2. The summed E-state index contributed by atoms with van der Waals surface area (Å²) in [5.41, 5.74) is 3.10. The Morgan fingerprint density at radius 2 is 1.69 bits per heavy atom. The van der Waals surface area contributed by atoms with Crippen molar-refractivity contribution in [1.82, 2.24) is 14.4 Å². The summed E-state index contributed by atoms with van der Waals surface area (Å²) < 4.78 is 18.0. The number of aromatic nitrogens is 1. The van der Waals surface area contributed by atoms with Gasteiger partial charge in [0.25, 0.3) is 5.91 Å². The Morgan fingerprint density at radius 3 is 2.44 bits per heavy atom. The molecule has 0 saturated carbocycles. The lowest BCUT2D eigenvalue weighted by Crippen LogP contribution is -2.43. The first kappa shape index (κ1) is 27.7. The minimum absolute atomic E-state index is 0.0628. The van der Waals surface area contributed by atoms with Gasteiger partial charge in [0.1, 0.15) is 12.3 Å². The maximum atomic E-state index is 13.8. The Kier molecular flexibility index (Phi) is 9.97. The SMILES string of the molecule is COCCCN(CC(=O)N(Cc1ccccc1)Cc1cccn1Cc1cccc(OC)c1)C(=O)c1ccco1. The van der Waals surface area contributed by atoms with Crippen molar-refractivity contribution in [3.63, 3.8) is 0 Å². The summed E-state index contributed by atoms with van der Waals surface area (Å²) in [5.74, 6) is 0.551. The minimum atomic E-state index is -0.314. The largest absolute Gasteiger partial charge is 0.497 e. The molecule has 2 heterocycles. The van der Waals surface area contributed by atoms with Gasteiger partial charge in [-0.15, -0.1) is 0 Å². The van der Waals surface area contributed by atoms with Crippen LogP contribution in [-0.4, -0.2) is 60.1 Å². The van der Waals surface area contributed by atoms with Crippen LogP contribution < -0.4 is 4.74 Å². The third kappa shape index (κ3) is 7.85. The topological polar surface area (TPSA) is 77.1 Å². The van der Waals surface area contributed by atoms with E-state index < -0.39 is 0 Å². The van der Waals surface area contributed by atoms with Gasteiger partial charge < -0.3 is 28.3 Å². The predicted molar refractivity (Wildman–Crippen MR) is 148 cm³/mol. The highest BCUT2D eigenvalue weighted by atomic mass is 16.5. The Bertz CT molecular complexity index is 1320. The zero-order chi connectivity index (χ0) is 27.5. The number of hydrogen-bond acceptors (Lipinski definition) is 5. The van der Waals surface area contributed by atoms with E-state index >= 15 is 0 Å². The van der Waals surface area contributed by atoms with E-state index in [4.69, 9.17) is 13.9 Å². The maximum Gasteiger partial charge on any atom is 0.290 e. The first-order valence-electron chi connectivity index (χ1n) is 13.0. The molecule has 0 aliphatic rings. The summed E-state index contributed by atoms with van der Waals surface area (Å²) in [6.07, 6.45) is 4.08. The average molecular weight is 530 g/mol. The Morgan fingerprint density at radius 1 is 0.872 bits per heavy atom. The van der Waals surface area contributed by atoms with Gasteiger partial charge in [0.05, 0.1) is 19.9 Å². The van der Waals surface area contributed by atoms with Crippen LogP contribution in [0.1, 0.15) is 33.8 Å². The number of nitrogens with zero attached hydrogens (tertiary/aromatic N) is 3. The van der Waals surface area contributed by atoms with Gasteiger partial charge in [-0.3, -0.25) is 9.59 Å². The lowest BCUT2D eigenvalue weighted by Gasteiger charge is -2.28. The molecule has 0 fully saturated rings. The molecule has 4 rings (SSSR count). The highest BCUT2D eigenvalue weighted by Gasteiger charge is 2.24. The number of ether oxygens (including phenoxy) is 2. The highest BCUT2D eigenvalue weighted by molar-refractivity contribution is 5.94. The van der Waals surface area contributed by atoms with E-state index in [9.17, 15) is 9.59 Å². The average Bonchev–Trinajstić information content (AvgIpc) is 3.65. The van der Waals surface area contributed by atoms with Gasteiger partial charge in [-0.25, -0.2) is 0 Å². The van der Waals surface area contributed by atoms with Crippen LogP contribution in [0.4, 0.5) is 0 Å². The maximum absolute atomic E-state index is 13.8. The molecule has 2 aromatic heterocycles. The second kappa shape index (κ2) is 14.0. The molecule has 0 aliphatic heterocycles. The van der Waals surface area contributed by atoms with Crippen LogP contribution in [0.5, 0.6) is 5.75 Å². The molecule has 0 spiro atoms. The predicted octanol–water partition coefficient (Wildman–Crippen LogP) is 4.85. The van der Waals surface area contributed by atoms with Crippen LogP contribution >= 0.6 is 0 Å². The van der Waals surface area contributed by atoms with E-state index in [0.717, 1.165) is 22.6 Å². The van der Waals surface area contributed by atoms with Gasteiger partial charge in [0.2, 0.25) is 5.91 Å². The van der Waals surface area contributed by atoms with Crippen LogP contribution in [-0.2, 0) is 29.2 Å². The van der Waals surface area contributed by atoms with E-state index in [1.54, 1.807) is 31.3 Å². The first-order chi connectivity index (χ1) is 19.1. The zero-order valence-corrected chi connectivity index (χ0v) is 22.5. The number of amides is 2. The lowest BCUT2D eigenvalue weighted by atomic mass is 10.2. The number of hydrogen-bond donors (Lipinski definition) is 0. The zero-order valence-electron chi connectivity index (χ0n) is 22.5. The summed E-state index contributed by atoms with van der Waals surface area (Å²) in [6, 6.07) is 25.1. The van der Waals surface area contributed by atoms with E-state index in [-0.39, 0.29) is 24.1 Å². The number of carbonyl (C=O) groups excluding carboxylic acids is 2. The van der Waals surface area contributed by atoms with Crippen molar-refractivity contribution in [2.45, 2.75) is 26.1 Å². The molecule has 8 heteroatoms. The van der Waals surface area contributed by atoms with E-state index in [1.807, 2.05) is 66.9 Å². The van der Waals surface area contributed by atoms with Gasteiger partial charge in [-0.1, -0.05) is 42.5 Å². The smallest absolute Gasteiger partial charge is 0.290 e. The van der Waals surface area contributed by atoms with E-state index in [2.05, 4.69) is 10.6 Å².